The second kappa shape index (κ2) is 15.1. The number of methoxy groups -OCH3 is 1. The molecule has 0 spiro atoms. The van der Waals surface area contributed by atoms with Crippen LogP contribution in [0.15, 0.2) is 84.4 Å². The van der Waals surface area contributed by atoms with Gasteiger partial charge in [-0.15, -0.1) is 16.4 Å². The number of thiazole rings is 1. The fourth-order valence-corrected chi connectivity index (χ4v) is 8.20. The Hall–Kier alpha value is -5.96. The molecule has 0 unspecified atom stereocenters. The molecule has 3 N–H and O–H groups in total. The average Bonchev–Trinajstić information content (AvgIpc) is 3.66. The number of benzene rings is 2. The lowest BCUT2D eigenvalue weighted by atomic mass is 10.0. The van der Waals surface area contributed by atoms with Gasteiger partial charge in [-0.3, -0.25) is 14.4 Å². The van der Waals surface area contributed by atoms with Crippen molar-refractivity contribution in [2.45, 2.75) is 68.6 Å². The standard InChI is InChI=1S/C40H40N8O6S/c1-54-28-16-13-25(14-17-28)33-34(37-41-19-20-55-37)46-48(45-33)27-21-32-36(50)44-40(39(52)53)22-26(40)10-5-3-2-4-6-12-31(38(51)47(32)23-27)43-35(49)30-18-15-24-9-7-8-11-29(24)42-30/h5,7-11,13-20,26-27,31-32H,2-4,6,12,21-23H2,1H3,(H,43,49)(H,44,50)(H,52,53)/b10-5-/t26-,27+,31-,32+,40+/m1/s1. The van der Waals surface area contributed by atoms with Crippen LogP contribution in [-0.4, -0.2) is 89.9 Å². The summed E-state index contributed by atoms with van der Waals surface area (Å²) in [6.07, 6.45) is 9.26. The minimum absolute atomic E-state index is 0.0506. The number of carboxylic acid groups (broad SMARTS) is 1. The number of para-hydroxylation sites is 1. The number of ether oxygens (including phenoxy) is 1. The highest BCUT2D eigenvalue weighted by Crippen LogP contribution is 2.46. The summed E-state index contributed by atoms with van der Waals surface area (Å²) in [5, 5.41) is 29.2. The first kappa shape index (κ1) is 36.0. The molecular weight excluding hydrogens is 721 g/mol. The first-order chi connectivity index (χ1) is 26.7. The van der Waals surface area contributed by atoms with Gasteiger partial charge < -0.3 is 25.4 Å². The Morgan fingerprint density at radius 2 is 1.84 bits per heavy atom. The predicted octanol–water partition coefficient (Wildman–Crippen LogP) is 5.05. The van der Waals surface area contributed by atoms with Gasteiger partial charge in [0.25, 0.3) is 5.91 Å². The average molecular weight is 761 g/mol. The fraction of sp³-hybridized carbons (Fsp3) is 0.350. The maximum absolute atomic E-state index is 14.7. The summed E-state index contributed by atoms with van der Waals surface area (Å²) in [5.41, 5.74) is 1.26. The van der Waals surface area contributed by atoms with Crippen molar-refractivity contribution in [1.82, 2.24) is 40.5 Å². The molecule has 0 bridgehead atoms. The molecule has 3 aromatic heterocycles. The maximum Gasteiger partial charge on any atom is 0.330 e. The molecule has 55 heavy (non-hydrogen) atoms. The number of aliphatic carboxylic acids is 1. The van der Waals surface area contributed by atoms with Crippen molar-refractivity contribution in [2.75, 3.05) is 13.7 Å². The maximum atomic E-state index is 14.7. The summed E-state index contributed by atoms with van der Waals surface area (Å²) in [7, 11) is 1.59. The van der Waals surface area contributed by atoms with Gasteiger partial charge in [0, 0.05) is 41.4 Å². The number of pyridine rings is 1. The molecule has 1 saturated heterocycles. The van der Waals surface area contributed by atoms with Crippen molar-refractivity contribution >= 4 is 45.9 Å². The molecule has 1 saturated carbocycles. The number of carbonyl (C=O) groups is 4. The van der Waals surface area contributed by atoms with E-state index in [1.165, 1.54) is 21.0 Å². The summed E-state index contributed by atoms with van der Waals surface area (Å²) < 4.78 is 5.35. The number of carbonyl (C=O) groups excluding carboxylic acids is 3. The van der Waals surface area contributed by atoms with Crippen LogP contribution in [0.3, 0.4) is 0 Å². The van der Waals surface area contributed by atoms with Crippen LogP contribution in [-0.2, 0) is 14.4 Å². The molecule has 1 aliphatic carbocycles. The number of aromatic nitrogens is 5. The van der Waals surface area contributed by atoms with E-state index in [1.807, 2.05) is 72.1 Å². The molecule has 3 amide bonds. The lowest BCUT2D eigenvalue weighted by molar-refractivity contribution is -0.145. The third-order valence-corrected chi connectivity index (χ3v) is 11.5. The first-order valence-electron chi connectivity index (χ1n) is 18.4. The predicted molar refractivity (Wildman–Crippen MR) is 204 cm³/mol. The molecule has 2 fully saturated rings. The summed E-state index contributed by atoms with van der Waals surface area (Å²) in [5.74, 6) is -2.31. The van der Waals surface area contributed by atoms with Crippen LogP contribution >= 0.6 is 11.3 Å². The number of nitrogens with zero attached hydrogens (tertiary/aromatic N) is 6. The number of fused-ring (bicyclic) bond motifs is 3. The van der Waals surface area contributed by atoms with E-state index in [9.17, 15) is 24.3 Å². The summed E-state index contributed by atoms with van der Waals surface area (Å²) >= 11 is 1.41. The van der Waals surface area contributed by atoms with E-state index in [4.69, 9.17) is 14.9 Å². The quantitative estimate of drug-likeness (QED) is 0.190. The monoisotopic (exact) mass is 760 g/mol. The first-order valence-corrected chi connectivity index (χ1v) is 19.3. The Bertz CT molecular complexity index is 2270. The minimum atomic E-state index is -1.46. The number of hydrogen-bond acceptors (Lipinski definition) is 10. The van der Waals surface area contributed by atoms with Crippen molar-refractivity contribution in [3.05, 3.63) is 90.1 Å². The van der Waals surface area contributed by atoms with Crippen LogP contribution in [0.5, 0.6) is 5.75 Å². The number of allylic oxidation sites excluding steroid dienone is 1. The molecule has 282 valence electrons. The van der Waals surface area contributed by atoms with E-state index in [0.29, 0.717) is 40.5 Å². The highest BCUT2D eigenvalue weighted by molar-refractivity contribution is 7.13. The van der Waals surface area contributed by atoms with Crippen LogP contribution in [0.1, 0.15) is 61.5 Å². The lowest BCUT2D eigenvalue weighted by Crippen LogP contribution is -2.56. The summed E-state index contributed by atoms with van der Waals surface area (Å²) in [6.45, 7) is 0.0506. The van der Waals surface area contributed by atoms with E-state index < -0.39 is 47.4 Å². The topological polar surface area (TPSA) is 182 Å². The van der Waals surface area contributed by atoms with Gasteiger partial charge in [-0.2, -0.15) is 9.90 Å². The normalized spacial score (nSPS) is 24.9. The number of rotatable bonds is 7. The number of hydrogen-bond donors (Lipinski definition) is 3. The Labute approximate surface area is 320 Å². The SMILES string of the molecule is COc1ccc(-c2nn([C@H]3C[C@H]4C(=O)N[C@@]5(C(=O)O)C[C@H]5/C=C\CCCCC[C@@H](NC(=O)c5ccc6ccccc6n5)C(=O)N4C3)nc2-c2nccs2)cc1. The van der Waals surface area contributed by atoms with E-state index in [0.717, 1.165) is 30.2 Å². The summed E-state index contributed by atoms with van der Waals surface area (Å²) in [4.78, 5) is 67.3. The molecule has 2 aliphatic heterocycles. The second-order valence-electron chi connectivity index (χ2n) is 14.2. The van der Waals surface area contributed by atoms with Crippen LogP contribution < -0.4 is 15.4 Å². The van der Waals surface area contributed by atoms with Gasteiger partial charge >= 0.3 is 5.97 Å². The van der Waals surface area contributed by atoms with Crippen LogP contribution in [0.2, 0.25) is 0 Å². The van der Waals surface area contributed by atoms with E-state index in [1.54, 1.807) is 19.4 Å². The zero-order chi connectivity index (χ0) is 38.1. The largest absolute Gasteiger partial charge is 0.497 e. The zero-order valence-corrected chi connectivity index (χ0v) is 30.9. The van der Waals surface area contributed by atoms with Crippen LogP contribution in [0.4, 0.5) is 0 Å². The highest BCUT2D eigenvalue weighted by atomic mass is 32.1. The Balaban J connectivity index is 1.14. The Kier molecular flexibility index (Phi) is 9.86. The number of carboxylic acids is 1. The fourth-order valence-electron chi connectivity index (χ4n) is 7.58. The highest BCUT2D eigenvalue weighted by Gasteiger charge is 2.61. The van der Waals surface area contributed by atoms with Gasteiger partial charge in [-0.05, 0) is 62.1 Å². The molecule has 14 nitrogen and oxygen atoms in total. The number of amides is 3. The zero-order valence-electron chi connectivity index (χ0n) is 30.1. The van der Waals surface area contributed by atoms with Gasteiger partial charge in [-0.25, -0.2) is 14.8 Å². The summed E-state index contributed by atoms with van der Waals surface area (Å²) in [6, 6.07) is 15.7. The molecule has 15 heteroatoms. The third-order valence-electron chi connectivity index (χ3n) is 10.7. The van der Waals surface area contributed by atoms with E-state index in [2.05, 4.69) is 20.6 Å². The van der Waals surface area contributed by atoms with E-state index >= 15 is 0 Å². The smallest absolute Gasteiger partial charge is 0.330 e. The van der Waals surface area contributed by atoms with Gasteiger partial charge in [0.1, 0.15) is 45.5 Å². The third kappa shape index (κ3) is 7.19. The molecule has 0 radical (unpaired) electrons. The van der Waals surface area contributed by atoms with Crippen molar-refractivity contribution in [3.63, 3.8) is 0 Å². The molecule has 5 heterocycles. The van der Waals surface area contributed by atoms with Crippen molar-refractivity contribution < 1.29 is 29.0 Å². The number of nitrogens with one attached hydrogen (secondary N) is 2. The Morgan fingerprint density at radius 3 is 2.62 bits per heavy atom. The van der Waals surface area contributed by atoms with Crippen molar-refractivity contribution in [2.24, 2.45) is 5.92 Å². The van der Waals surface area contributed by atoms with Gasteiger partial charge in [0.15, 0.2) is 0 Å². The van der Waals surface area contributed by atoms with Crippen molar-refractivity contribution in [3.8, 4) is 27.7 Å². The molecular formula is C40H40N8O6S. The lowest BCUT2D eigenvalue weighted by Gasteiger charge is -2.29. The van der Waals surface area contributed by atoms with Crippen LogP contribution in [0, 0.1) is 5.92 Å². The van der Waals surface area contributed by atoms with Crippen molar-refractivity contribution in [1.29, 1.82) is 0 Å². The molecule has 3 aliphatic rings. The van der Waals surface area contributed by atoms with Gasteiger partial charge in [-0.1, -0.05) is 49.3 Å². The second-order valence-corrected chi connectivity index (χ2v) is 15.1. The molecule has 8 rings (SSSR count). The van der Waals surface area contributed by atoms with Gasteiger partial charge in [0.2, 0.25) is 11.8 Å². The minimum Gasteiger partial charge on any atom is -0.497 e. The van der Waals surface area contributed by atoms with Gasteiger partial charge in [0.05, 0.1) is 18.7 Å². The van der Waals surface area contributed by atoms with E-state index in [-0.39, 0.29) is 31.0 Å². The molecule has 5 atom stereocenters. The molecule has 5 aromatic rings. The Morgan fingerprint density at radius 1 is 1.02 bits per heavy atom. The molecule has 2 aromatic carbocycles. The van der Waals surface area contributed by atoms with Crippen LogP contribution in [0.25, 0.3) is 32.9 Å².